The highest BCUT2D eigenvalue weighted by Crippen LogP contribution is 2.31. The quantitative estimate of drug-likeness (QED) is 0.110. The lowest BCUT2D eigenvalue weighted by atomic mass is 9.89. The molecule has 0 fully saturated rings. The fourth-order valence-electron chi connectivity index (χ4n) is 8.69. The van der Waals surface area contributed by atoms with Crippen molar-refractivity contribution in [1.82, 2.24) is 15.0 Å². The number of aryl methyl sites for hydroxylation is 3. The second-order valence-electron chi connectivity index (χ2n) is 19.5. The molecule has 6 aromatic carbocycles. The number of carbonyl (C=O) groups is 4. The predicted molar refractivity (Wildman–Crippen MR) is 292 cm³/mol. The van der Waals surface area contributed by atoms with Crippen molar-refractivity contribution >= 4 is 77.4 Å². The summed E-state index contributed by atoms with van der Waals surface area (Å²) >= 11 is 0. The Morgan fingerprint density at radius 2 is 0.729 bits per heavy atom. The van der Waals surface area contributed by atoms with E-state index in [9.17, 15) is 19.2 Å². The third-order valence-electron chi connectivity index (χ3n) is 13.0. The molecule has 0 bridgehead atoms. The topological polar surface area (TPSA) is 107 Å². The van der Waals surface area contributed by atoms with Crippen LogP contribution in [0.2, 0.25) is 0 Å². The van der Waals surface area contributed by atoms with E-state index in [0.29, 0.717) is 5.52 Å². The van der Waals surface area contributed by atoms with Crippen LogP contribution < -0.4 is 0 Å². The molecular weight excluding hydrogens is 863 g/mol. The van der Waals surface area contributed by atoms with Crippen molar-refractivity contribution in [2.75, 3.05) is 0 Å². The summed E-state index contributed by atoms with van der Waals surface area (Å²) in [5.74, 6) is 0.823. The molecule has 0 N–H and O–H groups in total. The van der Waals surface area contributed by atoms with Crippen molar-refractivity contribution in [3.05, 3.63) is 183 Å². The van der Waals surface area contributed by atoms with Gasteiger partial charge in [-0.1, -0.05) is 152 Å². The van der Waals surface area contributed by atoms with Gasteiger partial charge in [-0.15, -0.1) is 0 Å². The van der Waals surface area contributed by atoms with Gasteiger partial charge < -0.3 is 0 Å². The number of Topliss-reactive ketones (excluding diaryl/α,β-unsaturated/α-hetero) is 4. The van der Waals surface area contributed by atoms with Crippen molar-refractivity contribution < 1.29 is 19.2 Å². The summed E-state index contributed by atoms with van der Waals surface area (Å²) < 4.78 is 0. The molecule has 0 unspecified atom stereocenters. The van der Waals surface area contributed by atoms with E-state index in [2.05, 4.69) is 52.2 Å². The molecule has 0 spiro atoms. The van der Waals surface area contributed by atoms with Crippen LogP contribution in [0.4, 0.5) is 0 Å². The molecule has 0 atom stereocenters. The van der Waals surface area contributed by atoms with Crippen LogP contribution in [0.25, 0.3) is 54.3 Å². The van der Waals surface area contributed by atoms with E-state index in [1.165, 1.54) is 5.56 Å². The third kappa shape index (κ3) is 11.1. The van der Waals surface area contributed by atoms with Crippen molar-refractivity contribution in [2.24, 2.45) is 23.7 Å². The Bertz CT molecular complexity index is 3130. The van der Waals surface area contributed by atoms with Crippen LogP contribution in [-0.2, 0) is 0 Å². The first kappa shape index (κ1) is 52.1. The van der Waals surface area contributed by atoms with Crippen LogP contribution in [0.15, 0.2) is 128 Å². The average Bonchev–Trinajstić information content (AvgIpc) is 3.34. The lowest BCUT2D eigenvalue weighted by Gasteiger charge is -2.14. The standard InChI is InChI=1S/C18H16O.C16H18O.C15H17NO.C14H16N2O/c1-12(2)18(19)17-15-9-5-3-7-13(15)11-14-8-4-6-10-16(14)17;1-10(2)16(17)15-12(4)11(3)9-13-7-5-6-8-14(13)15;1-9(2)15(17)14-10(3)11(4)16-13-8-6-5-7-12(13)14;1-8(2)14(17)12-9(3)10(4)16-11-6-5-7-15-13(11)12/h3-12H,1-2H3;5-10H,1-4H3;5-9H,1-4H3;5-8H,1-4H3. The number of benzene rings is 6. The lowest BCUT2D eigenvalue weighted by Crippen LogP contribution is -2.12. The summed E-state index contributed by atoms with van der Waals surface area (Å²) in [6.45, 7) is 27.4. The molecule has 0 aliphatic heterocycles. The van der Waals surface area contributed by atoms with Gasteiger partial charge in [0.2, 0.25) is 0 Å². The van der Waals surface area contributed by atoms with Gasteiger partial charge in [-0.05, 0) is 120 Å². The van der Waals surface area contributed by atoms with E-state index in [0.717, 1.165) is 99.1 Å². The maximum Gasteiger partial charge on any atom is 0.167 e. The van der Waals surface area contributed by atoms with Crippen LogP contribution in [0, 0.1) is 65.2 Å². The molecule has 9 aromatic rings. The molecule has 70 heavy (non-hydrogen) atoms. The predicted octanol–water partition coefficient (Wildman–Crippen LogP) is 15.9. The zero-order chi connectivity index (χ0) is 51.1. The largest absolute Gasteiger partial charge is 0.294 e. The molecule has 0 saturated heterocycles. The van der Waals surface area contributed by atoms with Gasteiger partial charge in [0.15, 0.2) is 23.1 Å². The Kier molecular flexibility index (Phi) is 16.7. The first-order valence-corrected chi connectivity index (χ1v) is 24.4. The highest BCUT2D eigenvalue weighted by Gasteiger charge is 2.22. The Morgan fingerprint density at radius 1 is 0.371 bits per heavy atom. The molecule has 0 saturated carbocycles. The molecule has 0 amide bonds. The van der Waals surface area contributed by atoms with E-state index in [4.69, 9.17) is 0 Å². The number of pyridine rings is 3. The first-order valence-electron chi connectivity index (χ1n) is 24.4. The zero-order valence-electron chi connectivity index (χ0n) is 43.4. The van der Waals surface area contributed by atoms with E-state index < -0.39 is 0 Å². The third-order valence-corrected chi connectivity index (χ3v) is 13.0. The number of ketones is 4. The Labute approximate surface area is 413 Å². The van der Waals surface area contributed by atoms with Gasteiger partial charge in [-0.25, -0.2) is 0 Å². The summed E-state index contributed by atoms with van der Waals surface area (Å²) in [4.78, 5) is 62.8. The van der Waals surface area contributed by atoms with Crippen LogP contribution in [0.3, 0.4) is 0 Å². The number of rotatable bonds is 8. The Hall–Kier alpha value is -7.25. The summed E-state index contributed by atoms with van der Waals surface area (Å²) in [7, 11) is 0. The van der Waals surface area contributed by atoms with Crippen LogP contribution in [0.1, 0.15) is 130 Å². The summed E-state index contributed by atoms with van der Waals surface area (Å²) in [6, 6.07) is 40.2. The fraction of sp³-hybridized carbons (Fsp3) is 0.286. The minimum atomic E-state index is -0.0271. The number of carbonyl (C=O) groups excluding carboxylic acids is 4. The highest BCUT2D eigenvalue weighted by molar-refractivity contribution is 6.19. The van der Waals surface area contributed by atoms with Crippen molar-refractivity contribution in [3.63, 3.8) is 0 Å². The van der Waals surface area contributed by atoms with Crippen molar-refractivity contribution in [3.8, 4) is 0 Å². The molecule has 0 aliphatic rings. The summed E-state index contributed by atoms with van der Waals surface area (Å²) in [6.07, 6.45) is 1.70. The molecule has 7 heteroatoms. The molecule has 3 aromatic heterocycles. The molecule has 9 rings (SSSR count). The number of nitrogens with zero attached hydrogens (tertiary/aromatic N) is 3. The Morgan fingerprint density at radius 3 is 1.23 bits per heavy atom. The lowest BCUT2D eigenvalue weighted by molar-refractivity contribution is 0.0933. The van der Waals surface area contributed by atoms with Gasteiger partial charge in [0, 0.05) is 63.3 Å². The number of aromatic nitrogens is 3. The first-order chi connectivity index (χ1) is 33.2. The second-order valence-corrected chi connectivity index (χ2v) is 19.5. The number of hydrogen-bond acceptors (Lipinski definition) is 7. The van der Waals surface area contributed by atoms with E-state index in [-0.39, 0.29) is 46.8 Å². The van der Waals surface area contributed by atoms with E-state index in [1.807, 2.05) is 181 Å². The smallest absolute Gasteiger partial charge is 0.167 e. The minimum Gasteiger partial charge on any atom is -0.294 e. The van der Waals surface area contributed by atoms with Gasteiger partial charge in [-0.3, -0.25) is 34.1 Å². The second kappa shape index (κ2) is 22.5. The monoisotopic (exact) mass is 930 g/mol. The summed E-state index contributed by atoms with van der Waals surface area (Å²) in [5, 5.41) is 7.57. The van der Waals surface area contributed by atoms with Gasteiger partial charge >= 0.3 is 0 Å². The molecule has 0 aliphatic carbocycles. The maximum absolute atomic E-state index is 12.6. The van der Waals surface area contributed by atoms with Gasteiger partial charge in [0.1, 0.15) is 0 Å². The van der Waals surface area contributed by atoms with Crippen LogP contribution in [0.5, 0.6) is 0 Å². The van der Waals surface area contributed by atoms with Crippen molar-refractivity contribution in [1.29, 1.82) is 0 Å². The molecular formula is C63H67N3O4. The number of fused-ring (bicyclic) bond motifs is 5. The van der Waals surface area contributed by atoms with Gasteiger partial charge in [0.05, 0.1) is 22.1 Å². The van der Waals surface area contributed by atoms with Crippen LogP contribution >= 0.6 is 0 Å². The fourth-order valence-corrected chi connectivity index (χ4v) is 8.69. The zero-order valence-corrected chi connectivity index (χ0v) is 43.4. The minimum absolute atomic E-state index is 0.00853. The van der Waals surface area contributed by atoms with E-state index in [1.54, 1.807) is 6.20 Å². The van der Waals surface area contributed by atoms with E-state index >= 15 is 0 Å². The van der Waals surface area contributed by atoms with Crippen LogP contribution in [-0.4, -0.2) is 38.1 Å². The number of hydrogen-bond donors (Lipinski definition) is 0. The summed E-state index contributed by atoms with van der Waals surface area (Å²) in [5.41, 5.74) is 11.8. The van der Waals surface area contributed by atoms with Crippen molar-refractivity contribution in [2.45, 2.75) is 96.9 Å². The molecule has 358 valence electrons. The highest BCUT2D eigenvalue weighted by atomic mass is 16.1. The average molecular weight is 930 g/mol. The van der Waals surface area contributed by atoms with Gasteiger partial charge in [-0.2, -0.15) is 0 Å². The molecule has 0 radical (unpaired) electrons. The maximum atomic E-state index is 12.6. The number of para-hydroxylation sites is 1. The van der Waals surface area contributed by atoms with Gasteiger partial charge in [0.25, 0.3) is 0 Å². The normalized spacial score (nSPS) is 11.2. The molecule has 7 nitrogen and oxygen atoms in total. The SMILES string of the molecule is CC(C)C(=O)c1c2ccccc2cc2ccccc12.Cc1cc2ccccc2c(C(=O)C(C)C)c1C.Cc1nc2ccccc2c(C(=O)C(C)C)c1C.Cc1nc2cccnc2c(C(=O)C(C)C)c1C. The molecule has 3 heterocycles. The Balaban J connectivity index is 0.000000153.